The van der Waals surface area contributed by atoms with E-state index in [1.807, 2.05) is 6.92 Å². The molecule has 0 N–H and O–H groups in total. The van der Waals surface area contributed by atoms with Crippen LogP contribution < -0.4 is 0 Å². The smallest absolute Gasteiger partial charge is 0.316 e. The predicted molar refractivity (Wildman–Crippen MR) is 48.0 cm³/mol. The van der Waals surface area contributed by atoms with Crippen LogP contribution in [0.3, 0.4) is 0 Å². The zero-order valence-corrected chi connectivity index (χ0v) is 8.04. The van der Waals surface area contributed by atoms with E-state index in [9.17, 15) is 9.59 Å². The first-order valence-corrected chi connectivity index (χ1v) is 4.98. The Balaban J connectivity index is 2.55. The molecule has 0 bridgehead atoms. The average Bonchev–Trinajstić information content (AvgIpc) is 2.16. The zero-order valence-electron chi connectivity index (χ0n) is 8.04. The lowest BCUT2D eigenvalue weighted by atomic mass is 9.99. The molecule has 0 aromatic heterocycles. The van der Waals surface area contributed by atoms with Gasteiger partial charge in [-0.25, -0.2) is 0 Å². The molecule has 3 heteroatoms. The summed E-state index contributed by atoms with van der Waals surface area (Å²) < 4.78 is 4.70. The lowest BCUT2D eigenvalue weighted by Gasteiger charge is -2.10. The van der Waals surface area contributed by atoms with Gasteiger partial charge in [-0.2, -0.15) is 0 Å². The lowest BCUT2D eigenvalue weighted by Crippen LogP contribution is -2.19. The molecule has 1 rings (SSSR count). The number of esters is 2. The van der Waals surface area contributed by atoms with Crippen molar-refractivity contribution in [2.75, 3.05) is 0 Å². The maximum atomic E-state index is 11.3. The largest absolute Gasteiger partial charge is 0.393 e. The van der Waals surface area contributed by atoms with Crippen LogP contribution in [0, 0.1) is 5.92 Å². The van der Waals surface area contributed by atoms with Crippen LogP contribution in [0.1, 0.15) is 45.4 Å². The average molecular weight is 184 g/mol. The van der Waals surface area contributed by atoms with E-state index in [4.69, 9.17) is 4.74 Å². The summed E-state index contributed by atoms with van der Waals surface area (Å²) >= 11 is 0. The van der Waals surface area contributed by atoms with Crippen LogP contribution in [0.2, 0.25) is 0 Å². The van der Waals surface area contributed by atoms with E-state index in [1.165, 1.54) is 0 Å². The van der Waals surface area contributed by atoms with Crippen molar-refractivity contribution in [3.63, 3.8) is 0 Å². The topological polar surface area (TPSA) is 43.4 Å². The summed E-state index contributed by atoms with van der Waals surface area (Å²) in [5.41, 5.74) is 0. The van der Waals surface area contributed by atoms with Crippen LogP contribution in [0.15, 0.2) is 0 Å². The lowest BCUT2D eigenvalue weighted by molar-refractivity contribution is -0.162. The van der Waals surface area contributed by atoms with Crippen molar-refractivity contribution < 1.29 is 14.3 Å². The molecule has 13 heavy (non-hydrogen) atoms. The van der Waals surface area contributed by atoms with E-state index in [-0.39, 0.29) is 17.9 Å². The molecule has 0 amide bonds. The third-order valence-corrected chi connectivity index (χ3v) is 2.47. The Morgan fingerprint density at radius 3 is 2.77 bits per heavy atom. The normalized spacial score (nSPS) is 25.8. The highest BCUT2D eigenvalue weighted by atomic mass is 16.6. The van der Waals surface area contributed by atoms with Gasteiger partial charge in [0.1, 0.15) is 0 Å². The summed E-state index contributed by atoms with van der Waals surface area (Å²) in [6.45, 7) is 1.95. The van der Waals surface area contributed by atoms with E-state index in [0.717, 1.165) is 32.1 Å². The number of rotatable bonds is 1. The third kappa shape index (κ3) is 3.17. The molecule has 1 fully saturated rings. The van der Waals surface area contributed by atoms with Gasteiger partial charge in [-0.3, -0.25) is 9.59 Å². The molecule has 0 aromatic rings. The molecule has 0 aliphatic carbocycles. The first kappa shape index (κ1) is 10.2. The molecule has 1 saturated heterocycles. The van der Waals surface area contributed by atoms with Crippen molar-refractivity contribution in [1.82, 2.24) is 0 Å². The number of hydrogen-bond acceptors (Lipinski definition) is 3. The van der Waals surface area contributed by atoms with E-state index in [1.54, 1.807) is 0 Å². The quantitative estimate of drug-likeness (QED) is 0.462. The van der Waals surface area contributed by atoms with Crippen LogP contribution in [-0.4, -0.2) is 11.9 Å². The van der Waals surface area contributed by atoms with Crippen LogP contribution in [0.4, 0.5) is 0 Å². The fraction of sp³-hybridized carbons (Fsp3) is 0.800. The minimum absolute atomic E-state index is 0.0675. The molecule has 1 aliphatic heterocycles. The monoisotopic (exact) mass is 184 g/mol. The van der Waals surface area contributed by atoms with E-state index in [0.29, 0.717) is 6.42 Å². The maximum Gasteiger partial charge on any atom is 0.316 e. The molecule has 0 aromatic carbocycles. The first-order chi connectivity index (χ1) is 6.24. The van der Waals surface area contributed by atoms with Gasteiger partial charge in [-0.05, 0) is 19.3 Å². The number of hydrogen-bond donors (Lipinski definition) is 0. The fourth-order valence-corrected chi connectivity index (χ4v) is 1.57. The first-order valence-electron chi connectivity index (χ1n) is 4.98. The number of ether oxygens (including phenoxy) is 1. The fourth-order valence-electron chi connectivity index (χ4n) is 1.57. The Morgan fingerprint density at radius 1 is 1.31 bits per heavy atom. The summed E-state index contributed by atoms with van der Waals surface area (Å²) in [4.78, 5) is 22.3. The van der Waals surface area contributed by atoms with Crippen molar-refractivity contribution >= 4 is 11.9 Å². The SMILES string of the molecule is CCC1CCCCCC(=O)OC1=O. The van der Waals surface area contributed by atoms with E-state index < -0.39 is 0 Å². The molecule has 74 valence electrons. The standard InChI is InChI=1S/C10H16O3/c1-2-8-6-4-3-5-7-9(11)13-10(8)12/h8H,2-7H2,1H3. The minimum Gasteiger partial charge on any atom is -0.393 e. The molecule has 0 saturated carbocycles. The Hall–Kier alpha value is -0.860. The molecule has 1 aliphatic rings. The van der Waals surface area contributed by atoms with Crippen molar-refractivity contribution in [1.29, 1.82) is 0 Å². The number of carbonyl (C=O) groups is 2. The molecule has 3 nitrogen and oxygen atoms in total. The highest BCUT2D eigenvalue weighted by Gasteiger charge is 2.21. The Bertz CT molecular complexity index is 198. The van der Waals surface area contributed by atoms with Crippen LogP contribution in [0.5, 0.6) is 0 Å². The zero-order chi connectivity index (χ0) is 9.68. The predicted octanol–water partition coefficient (Wildman–Crippen LogP) is 2.05. The van der Waals surface area contributed by atoms with Crippen LogP contribution in [0.25, 0.3) is 0 Å². The summed E-state index contributed by atoms with van der Waals surface area (Å²) in [7, 11) is 0. The van der Waals surface area contributed by atoms with Gasteiger partial charge in [0.05, 0.1) is 5.92 Å². The van der Waals surface area contributed by atoms with Crippen LogP contribution in [-0.2, 0) is 14.3 Å². The Morgan fingerprint density at radius 2 is 2.08 bits per heavy atom. The Labute approximate surface area is 78.5 Å². The highest BCUT2D eigenvalue weighted by molar-refractivity contribution is 5.86. The molecular formula is C10H16O3. The molecule has 1 atom stereocenters. The van der Waals surface area contributed by atoms with Gasteiger partial charge < -0.3 is 4.74 Å². The highest BCUT2D eigenvalue weighted by Crippen LogP contribution is 2.18. The van der Waals surface area contributed by atoms with Gasteiger partial charge >= 0.3 is 11.9 Å². The molecule has 0 spiro atoms. The van der Waals surface area contributed by atoms with Crippen LogP contribution >= 0.6 is 0 Å². The molecule has 1 unspecified atom stereocenters. The Kier molecular flexibility index (Phi) is 3.93. The molecule has 1 heterocycles. The third-order valence-electron chi connectivity index (χ3n) is 2.47. The second-order valence-corrected chi connectivity index (χ2v) is 3.50. The van der Waals surface area contributed by atoms with Gasteiger partial charge in [0.2, 0.25) is 0 Å². The van der Waals surface area contributed by atoms with Gasteiger partial charge in [-0.15, -0.1) is 0 Å². The minimum atomic E-state index is -0.356. The summed E-state index contributed by atoms with van der Waals surface area (Å²) in [5, 5.41) is 0. The van der Waals surface area contributed by atoms with Crippen molar-refractivity contribution in [3.8, 4) is 0 Å². The summed E-state index contributed by atoms with van der Waals surface area (Å²) in [5.74, 6) is -0.748. The van der Waals surface area contributed by atoms with E-state index in [2.05, 4.69) is 0 Å². The number of cyclic esters (lactones) is 2. The van der Waals surface area contributed by atoms with Crippen molar-refractivity contribution in [3.05, 3.63) is 0 Å². The number of carbonyl (C=O) groups excluding carboxylic acids is 2. The van der Waals surface area contributed by atoms with Gasteiger partial charge in [0.25, 0.3) is 0 Å². The van der Waals surface area contributed by atoms with Gasteiger partial charge in [-0.1, -0.05) is 19.8 Å². The summed E-state index contributed by atoms with van der Waals surface area (Å²) in [6, 6.07) is 0. The second-order valence-electron chi connectivity index (χ2n) is 3.50. The van der Waals surface area contributed by atoms with Crippen molar-refractivity contribution in [2.24, 2.45) is 5.92 Å². The van der Waals surface area contributed by atoms with Gasteiger partial charge in [0.15, 0.2) is 0 Å². The second kappa shape index (κ2) is 5.00. The maximum absolute atomic E-state index is 11.3. The molecular weight excluding hydrogens is 168 g/mol. The summed E-state index contributed by atoms with van der Waals surface area (Å²) in [6.07, 6.45) is 4.93. The van der Waals surface area contributed by atoms with E-state index >= 15 is 0 Å². The van der Waals surface area contributed by atoms with Crippen molar-refractivity contribution in [2.45, 2.75) is 45.4 Å². The van der Waals surface area contributed by atoms with Gasteiger partial charge in [0, 0.05) is 6.42 Å². The molecule has 0 radical (unpaired) electrons.